The maximum atomic E-state index is 3.60. The van der Waals surface area contributed by atoms with Gasteiger partial charge in [-0.25, -0.2) is 0 Å². The molecule has 4 heteroatoms. The van der Waals surface area contributed by atoms with Crippen molar-refractivity contribution >= 4 is 28.0 Å². The number of aromatic nitrogens is 2. The summed E-state index contributed by atoms with van der Waals surface area (Å²) in [5.74, 6) is 3.56. The van der Waals surface area contributed by atoms with Crippen molar-refractivity contribution in [3.63, 3.8) is 0 Å². The average Bonchev–Trinajstić information content (AvgIpc) is 3.67. The van der Waals surface area contributed by atoms with Crippen LogP contribution in [0.1, 0.15) is 68.2 Å². The van der Waals surface area contributed by atoms with Gasteiger partial charge in [0.25, 0.3) is 0 Å². The van der Waals surface area contributed by atoms with E-state index in [2.05, 4.69) is 118 Å². The van der Waals surface area contributed by atoms with E-state index in [0.29, 0.717) is 5.41 Å². The van der Waals surface area contributed by atoms with Crippen LogP contribution in [0.4, 0.5) is 0 Å². The summed E-state index contributed by atoms with van der Waals surface area (Å²) in [4.78, 5) is 7.19. The highest BCUT2D eigenvalue weighted by atomic mass is 31.1. The highest BCUT2D eigenvalue weighted by Crippen LogP contribution is 2.64. The van der Waals surface area contributed by atoms with Gasteiger partial charge in [0.1, 0.15) is 0 Å². The SMILES string of the molecule is CC(C)(c1ccccc1)c1ccc(C23CC4CC(CC(C4)C2CP)C3)c(CP(c2ccc[nH]2)c2ccc[nH]2)c1. The zero-order valence-electron chi connectivity index (χ0n) is 23.4. The van der Waals surface area contributed by atoms with E-state index in [9.17, 15) is 0 Å². The lowest BCUT2D eigenvalue weighted by Crippen LogP contribution is -2.56. The summed E-state index contributed by atoms with van der Waals surface area (Å²) >= 11 is 0. The van der Waals surface area contributed by atoms with Gasteiger partial charge in [-0.1, -0.05) is 62.4 Å². The van der Waals surface area contributed by atoms with Crippen molar-refractivity contribution in [1.29, 1.82) is 0 Å². The normalized spacial score (nSPS) is 27.9. The molecule has 0 aliphatic heterocycles. The lowest BCUT2D eigenvalue weighted by atomic mass is 9.43. The predicted octanol–water partition coefficient (Wildman–Crippen LogP) is 7.87. The largest absolute Gasteiger partial charge is 0.361 e. The second kappa shape index (κ2) is 10.0. The Morgan fingerprint density at radius 3 is 2.08 bits per heavy atom. The van der Waals surface area contributed by atoms with E-state index in [1.807, 2.05) is 0 Å². The van der Waals surface area contributed by atoms with Crippen molar-refractivity contribution < 1.29 is 0 Å². The number of nitrogens with one attached hydrogen (secondary N) is 2. The van der Waals surface area contributed by atoms with Crippen LogP contribution >= 0.6 is 17.2 Å². The molecule has 4 aliphatic rings. The Hall–Kier alpha value is -2.14. The third-order valence-electron chi connectivity index (χ3n) is 10.7. The van der Waals surface area contributed by atoms with Gasteiger partial charge in [0.2, 0.25) is 0 Å². The molecule has 4 unspecified atom stereocenters. The van der Waals surface area contributed by atoms with E-state index in [0.717, 1.165) is 29.8 Å². The quantitative estimate of drug-likeness (QED) is 0.209. The van der Waals surface area contributed by atoms with Gasteiger partial charge in [0.05, 0.1) is 0 Å². The molecule has 39 heavy (non-hydrogen) atoms. The number of rotatable bonds is 8. The number of hydrogen-bond acceptors (Lipinski definition) is 0. The van der Waals surface area contributed by atoms with Gasteiger partial charge in [-0.3, -0.25) is 0 Å². The van der Waals surface area contributed by atoms with Gasteiger partial charge in [0.15, 0.2) is 0 Å². The Kier molecular flexibility index (Phi) is 6.65. The molecular weight excluding hydrogens is 510 g/mol. The van der Waals surface area contributed by atoms with Gasteiger partial charge in [-0.2, -0.15) is 0 Å². The maximum Gasteiger partial charge on any atom is 0.0448 e. The van der Waals surface area contributed by atoms with Gasteiger partial charge in [-0.05, 0) is 122 Å². The number of benzene rings is 2. The van der Waals surface area contributed by atoms with Crippen LogP contribution < -0.4 is 10.9 Å². The molecule has 2 nitrogen and oxygen atoms in total. The Balaban J connectivity index is 1.38. The molecule has 4 atom stereocenters. The maximum absolute atomic E-state index is 3.60. The van der Waals surface area contributed by atoms with Crippen LogP contribution in [-0.4, -0.2) is 16.1 Å². The van der Waals surface area contributed by atoms with Crippen molar-refractivity contribution in [3.05, 3.63) is 107 Å². The summed E-state index contributed by atoms with van der Waals surface area (Å²) < 4.78 is 0. The van der Waals surface area contributed by atoms with Crippen LogP contribution in [0, 0.1) is 23.7 Å². The van der Waals surface area contributed by atoms with E-state index in [1.54, 1.807) is 11.1 Å². The van der Waals surface area contributed by atoms with Crippen molar-refractivity contribution in [1.82, 2.24) is 9.97 Å². The summed E-state index contributed by atoms with van der Waals surface area (Å²) in [7, 11) is 2.63. The Morgan fingerprint density at radius 2 is 1.49 bits per heavy atom. The fourth-order valence-corrected chi connectivity index (χ4v) is 12.1. The smallest absolute Gasteiger partial charge is 0.0448 e. The fourth-order valence-electron chi connectivity index (χ4n) is 9.05. The Bertz CT molecular complexity index is 1360. The minimum atomic E-state index is -0.548. The summed E-state index contributed by atoms with van der Waals surface area (Å²) in [6.07, 6.45) is 13.7. The summed E-state index contributed by atoms with van der Waals surface area (Å²) in [6.45, 7) is 4.80. The van der Waals surface area contributed by atoms with E-state index in [4.69, 9.17) is 0 Å². The van der Waals surface area contributed by atoms with E-state index in [-0.39, 0.29) is 5.41 Å². The lowest BCUT2D eigenvalue weighted by Gasteiger charge is -2.62. The first-order chi connectivity index (χ1) is 19.0. The van der Waals surface area contributed by atoms with Gasteiger partial charge >= 0.3 is 0 Å². The van der Waals surface area contributed by atoms with Crippen LogP contribution in [0.2, 0.25) is 0 Å². The monoisotopic (exact) mass is 552 g/mol. The number of aromatic amines is 2. The van der Waals surface area contributed by atoms with Crippen LogP contribution in [0.15, 0.2) is 85.2 Å². The second-order valence-corrected chi connectivity index (χ2v) is 15.8. The van der Waals surface area contributed by atoms with Crippen molar-refractivity contribution in [2.45, 2.75) is 62.9 Å². The first-order valence-corrected chi connectivity index (χ1v) is 17.3. The first-order valence-electron chi connectivity index (χ1n) is 14.9. The molecule has 4 bridgehead atoms. The zero-order valence-corrected chi connectivity index (χ0v) is 25.4. The van der Waals surface area contributed by atoms with Crippen LogP contribution in [-0.2, 0) is 17.0 Å². The summed E-state index contributed by atoms with van der Waals surface area (Å²) in [6, 6.07) is 27.7. The molecule has 2 N–H and O–H groups in total. The minimum absolute atomic E-state index is 0.0440. The molecule has 0 amide bonds. The summed E-state index contributed by atoms with van der Waals surface area (Å²) in [5, 5.41) is 0. The average molecular weight is 553 g/mol. The van der Waals surface area contributed by atoms with Gasteiger partial charge < -0.3 is 9.97 Å². The first kappa shape index (κ1) is 25.8. The molecule has 8 rings (SSSR count). The molecule has 0 saturated heterocycles. The topological polar surface area (TPSA) is 31.6 Å². The molecule has 4 saturated carbocycles. The van der Waals surface area contributed by atoms with Crippen LogP contribution in [0.5, 0.6) is 0 Å². The minimum Gasteiger partial charge on any atom is -0.361 e. The molecule has 2 aromatic carbocycles. The van der Waals surface area contributed by atoms with E-state index >= 15 is 0 Å². The third kappa shape index (κ3) is 4.38. The lowest BCUT2D eigenvalue weighted by molar-refractivity contribution is -0.0520. The summed E-state index contributed by atoms with van der Waals surface area (Å²) in [5.41, 5.74) is 9.12. The third-order valence-corrected chi connectivity index (χ3v) is 13.6. The van der Waals surface area contributed by atoms with Crippen LogP contribution in [0.3, 0.4) is 0 Å². The molecule has 4 aliphatic carbocycles. The molecule has 4 aromatic rings. The number of H-pyrrole nitrogens is 2. The Labute approximate surface area is 237 Å². The van der Waals surface area contributed by atoms with Crippen molar-refractivity contribution in [3.8, 4) is 0 Å². The van der Waals surface area contributed by atoms with E-state index in [1.165, 1.54) is 60.3 Å². The molecule has 2 heterocycles. The van der Waals surface area contributed by atoms with Gasteiger partial charge in [-0.15, -0.1) is 9.24 Å². The molecule has 0 spiro atoms. The van der Waals surface area contributed by atoms with Crippen molar-refractivity contribution in [2.75, 3.05) is 6.16 Å². The molecule has 4 fully saturated rings. The number of hydrogen-bond donors (Lipinski definition) is 2. The van der Waals surface area contributed by atoms with Crippen molar-refractivity contribution in [2.24, 2.45) is 23.7 Å². The zero-order chi connectivity index (χ0) is 26.6. The van der Waals surface area contributed by atoms with Crippen LogP contribution in [0.25, 0.3) is 0 Å². The highest BCUT2D eigenvalue weighted by Gasteiger charge is 2.57. The molecule has 0 radical (unpaired) electrons. The second-order valence-electron chi connectivity index (χ2n) is 13.2. The molecular formula is C35H42N2P2. The molecule has 202 valence electrons. The fraction of sp³-hybridized carbons (Fsp3) is 0.429. The van der Waals surface area contributed by atoms with E-state index < -0.39 is 7.92 Å². The Morgan fingerprint density at radius 1 is 0.821 bits per heavy atom. The highest BCUT2D eigenvalue weighted by molar-refractivity contribution is 7.71. The van der Waals surface area contributed by atoms with Gasteiger partial charge in [0, 0.05) is 34.8 Å². The standard InChI is InChI=1S/C35H42N2P2/c1-34(2,28-8-4-3-5-9-28)29-12-13-30(35-20-24-16-25(21-35)18-26(17-24)31(35)22-38)27(19-29)23-39(32-10-6-14-36-32)33-11-7-15-37-33/h3-15,19,24-26,31,36-37H,16-18,20-23,38H2,1-2H3. The predicted molar refractivity (Wildman–Crippen MR) is 170 cm³/mol. The molecule has 2 aromatic heterocycles.